The van der Waals surface area contributed by atoms with Crippen molar-refractivity contribution in [3.63, 3.8) is 0 Å². The van der Waals surface area contributed by atoms with Gasteiger partial charge in [-0.1, -0.05) is 24.3 Å². The molecule has 7 nitrogen and oxygen atoms in total. The Balaban J connectivity index is 1.53. The van der Waals surface area contributed by atoms with Crippen LogP contribution in [0.4, 0.5) is 0 Å². The third kappa shape index (κ3) is 7.57. The lowest BCUT2D eigenvalue weighted by Crippen LogP contribution is -2.24. The van der Waals surface area contributed by atoms with Gasteiger partial charge >= 0.3 is 11.9 Å². The van der Waals surface area contributed by atoms with E-state index >= 15 is 0 Å². The van der Waals surface area contributed by atoms with Gasteiger partial charge < -0.3 is 24.1 Å². The number of rotatable bonds is 10. The van der Waals surface area contributed by atoms with Gasteiger partial charge in [0.2, 0.25) is 0 Å². The number of methoxy groups -OCH3 is 1. The lowest BCUT2D eigenvalue weighted by molar-refractivity contribution is -0.155. The second-order valence-corrected chi connectivity index (χ2v) is 9.84. The highest BCUT2D eigenvalue weighted by molar-refractivity contribution is 5.72. The Morgan fingerprint density at radius 3 is 2.67 bits per heavy atom. The third-order valence-corrected chi connectivity index (χ3v) is 6.03. The summed E-state index contributed by atoms with van der Waals surface area (Å²) in [6, 6.07) is 7.73. The van der Waals surface area contributed by atoms with E-state index in [9.17, 15) is 14.7 Å². The van der Waals surface area contributed by atoms with Crippen molar-refractivity contribution < 1.29 is 33.6 Å². The zero-order chi connectivity index (χ0) is 24.0. The first-order valence-corrected chi connectivity index (χ1v) is 11.7. The highest BCUT2D eigenvalue weighted by atomic mass is 16.6. The van der Waals surface area contributed by atoms with Crippen LogP contribution in [-0.4, -0.2) is 48.1 Å². The van der Waals surface area contributed by atoms with E-state index in [1.807, 2.05) is 51.1 Å². The molecule has 1 heterocycles. The Morgan fingerprint density at radius 1 is 1.27 bits per heavy atom. The van der Waals surface area contributed by atoms with Gasteiger partial charge in [-0.05, 0) is 51.3 Å². The van der Waals surface area contributed by atoms with Crippen molar-refractivity contribution >= 4 is 11.9 Å². The minimum Gasteiger partial charge on any atom is -0.497 e. The van der Waals surface area contributed by atoms with Crippen molar-refractivity contribution in [1.82, 2.24) is 0 Å². The summed E-state index contributed by atoms with van der Waals surface area (Å²) in [5.74, 6) is 0.409. The van der Waals surface area contributed by atoms with E-state index in [1.54, 1.807) is 13.2 Å². The Hall–Kier alpha value is -2.38. The van der Waals surface area contributed by atoms with Crippen LogP contribution in [0.5, 0.6) is 5.75 Å². The molecule has 1 N–H and O–H groups in total. The maximum Gasteiger partial charge on any atom is 0.306 e. The van der Waals surface area contributed by atoms with E-state index in [0.29, 0.717) is 32.3 Å². The molecule has 3 rings (SSSR count). The number of ether oxygens (including phenoxy) is 4. The van der Waals surface area contributed by atoms with E-state index in [4.69, 9.17) is 18.9 Å². The molecule has 1 saturated carbocycles. The number of carbonyl (C=O) groups is 2. The highest BCUT2D eigenvalue weighted by Crippen LogP contribution is 2.43. The molecule has 1 aliphatic carbocycles. The molecule has 0 aromatic heterocycles. The van der Waals surface area contributed by atoms with Gasteiger partial charge in [0.15, 0.2) is 0 Å². The average molecular weight is 461 g/mol. The molecule has 0 amide bonds. The van der Waals surface area contributed by atoms with Gasteiger partial charge in [0.1, 0.15) is 17.5 Å². The zero-order valence-corrected chi connectivity index (χ0v) is 20.0. The number of carbonyl (C=O) groups excluding carboxylic acids is 2. The second kappa shape index (κ2) is 11.2. The van der Waals surface area contributed by atoms with Crippen molar-refractivity contribution in [3.05, 3.63) is 42.0 Å². The first-order chi connectivity index (χ1) is 15.6. The maximum atomic E-state index is 11.8. The maximum absolute atomic E-state index is 11.8. The summed E-state index contributed by atoms with van der Waals surface area (Å²) < 4.78 is 22.2. The van der Waals surface area contributed by atoms with Crippen molar-refractivity contribution in [1.29, 1.82) is 0 Å². The van der Waals surface area contributed by atoms with Gasteiger partial charge in [0.25, 0.3) is 0 Å². The van der Waals surface area contributed by atoms with Crippen LogP contribution in [0.15, 0.2) is 36.4 Å². The summed E-state index contributed by atoms with van der Waals surface area (Å²) in [6.07, 6.45) is 5.10. The Bertz CT molecular complexity index is 824. The smallest absolute Gasteiger partial charge is 0.306 e. The fourth-order valence-electron chi connectivity index (χ4n) is 4.47. The minimum atomic E-state index is -0.674. The molecule has 182 valence electrons. The van der Waals surface area contributed by atoms with Gasteiger partial charge in [-0.15, -0.1) is 0 Å². The molecule has 0 spiro atoms. The Morgan fingerprint density at radius 2 is 2.00 bits per heavy atom. The fraction of sp³-hybridized carbons (Fsp3) is 0.615. The normalized spacial score (nSPS) is 25.7. The summed E-state index contributed by atoms with van der Waals surface area (Å²) >= 11 is 0. The molecular weight excluding hydrogens is 424 g/mol. The van der Waals surface area contributed by atoms with Crippen molar-refractivity contribution in [2.45, 2.75) is 83.4 Å². The number of aliphatic hydroxyl groups excluding tert-OH is 1. The summed E-state index contributed by atoms with van der Waals surface area (Å²) in [7, 11) is 1.63. The molecule has 1 aromatic rings. The van der Waals surface area contributed by atoms with Gasteiger partial charge in [0, 0.05) is 24.7 Å². The van der Waals surface area contributed by atoms with Crippen LogP contribution in [-0.2, 0) is 30.4 Å². The van der Waals surface area contributed by atoms with Crippen LogP contribution in [0.3, 0.4) is 0 Å². The lowest BCUT2D eigenvalue weighted by Gasteiger charge is -2.21. The molecule has 0 unspecified atom stereocenters. The highest BCUT2D eigenvalue weighted by Gasteiger charge is 2.49. The van der Waals surface area contributed by atoms with Crippen LogP contribution in [0, 0.1) is 11.8 Å². The van der Waals surface area contributed by atoms with E-state index in [0.717, 1.165) is 11.3 Å². The van der Waals surface area contributed by atoms with Crippen LogP contribution in [0.1, 0.15) is 58.4 Å². The average Bonchev–Trinajstić information content (AvgIpc) is 3.25. The van der Waals surface area contributed by atoms with Crippen molar-refractivity contribution in [2.24, 2.45) is 11.8 Å². The molecule has 1 aromatic carbocycles. The molecule has 7 heteroatoms. The summed E-state index contributed by atoms with van der Waals surface area (Å²) in [5, 5.41) is 10.4. The molecule has 0 radical (unpaired) electrons. The predicted octanol–water partition coefficient (Wildman–Crippen LogP) is 3.96. The first kappa shape index (κ1) is 25.2. The molecule has 0 bridgehead atoms. The van der Waals surface area contributed by atoms with Crippen molar-refractivity contribution in [3.8, 4) is 5.75 Å². The summed E-state index contributed by atoms with van der Waals surface area (Å²) in [4.78, 5) is 23.6. The van der Waals surface area contributed by atoms with Crippen LogP contribution in [0.2, 0.25) is 0 Å². The number of hydrogen-bond acceptors (Lipinski definition) is 7. The van der Waals surface area contributed by atoms with E-state index in [1.165, 1.54) is 0 Å². The molecule has 1 aliphatic heterocycles. The molecule has 1 saturated heterocycles. The topological polar surface area (TPSA) is 91.3 Å². The molecule has 33 heavy (non-hydrogen) atoms. The summed E-state index contributed by atoms with van der Waals surface area (Å²) in [6.45, 7) is 5.96. The number of esters is 2. The van der Waals surface area contributed by atoms with Gasteiger partial charge in [-0.2, -0.15) is 0 Å². The zero-order valence-electron chi connectivity index (χ0n) is 20.0. The van der Waals surface area contributed by atoms with Crippen molar-refractivity contribution in [2.75, 3.05) is 7.11 Å². The molecule has 2 fully saturated rings. The lowest BCUT2D eigenvalue weighted by atomic mass is 9.91. The summed E-state index contributed by atoms with van der Waals surface area (Å²) in [5.41, 5.74) is 0.533. The quantitative estimate of drug-likeness (QED) is 0.417. The SMILES string of the molecule is COc1ccc(CO[C@@H]2C[C@@H]3OC(=O)C[C@@H]3[C@@H]2C=C[C@@H](O)CCCC(=O)OC(C)(C)C)cc1. The number of hydrogen-bond donors (Lipinski definition) is 1. The minimum absolute atomic E-state index is 0.0137. The van der Waals surface area contributed by atoms with Crippen LogP contribution >= 0.6 is 0 Å². The predicted molar refractivity (Wildman–Crippen MR) is 123 cm³/mol. The van der Waals surface area contributed by atoms with Gasteiger partial charge in [0.05, 0.1) is 32.3 Å². The van der Waals surface area contributed by atoms with E-state index in [-0.39, 0.29) is 42.4 Å². The molecule has 5 atom stereocenters. The number of benzene rings is 1. The molecular formula is C26H36O7. The fourth-order valence-corrected chi connectivity index (χ4v) is 4.47. The number of fused-ring (bicyclic) bond motifs is 1. The third-order valence-electron chi connectivity index (χ3n) is 6.03. The second-order valence-electron chi connectivity index (χ2n) is 9.84. The van der Waals surface area contributed by atoms with Gasteiger partial charge in [-0.25, -0.2) is 0 Å². The molecule has 2 aliphatic rings. The standard InChI is InChI=1S/C26H36O7/c1-26(2,3)33-24(28)7-5-6-18(27)10-13-20-21-14-25(29)32-23(21)15-22(20)31-16-17-8-11-19(30-4)12-9-17/h8-13,18,20-23,27H,5-7,14-16H2,1-4H3/t18-,20-,21+,22+,23-/m0/s1. The van der Waals surface area contributed by atoms with Gasteiger partial charge in [-0.3, -0.25) is 9.59 Å². The Kier molecular flexibility index (Phi) is 8.54. The largest absolute Gasteiger partial charge is 0.497 e. The van der Waals surface area contributed by atoms with E-state index in [2.05, 4.69) is 0 Å². The Labute approximate surface area is 196 Å². The van der Waals surface area contributed by atoms with E-state index < -0.39 is 11.7 Å². The van der Waals surface area contributed by atoms with Crippen LogP contribution in [0.25, 0.3) is 0 Å². The van der Waals surface area contributed by atoms with Crippen LogP contribution < -0.4 is 4.74 Å². The first-order valence-electron chi connectivity index (χ1n) is 11.7. The monoisotopic (exact) mass is 460 g/mol. The number of aliphatic hydroxyl groups is 1.